The number of halogens is 1. The van der Waals surface area contributed by atoms with Gasteiger partial charge in [0.05, 0.1) is 22.8 Å². The molecule has 0 bridgehead atoms. The Morgan fingerprint density at radius 2 is 2.00 bits per heavy atom. The summed E-state index contributed by atoms with van der Waals surface area (Å²) in [5, 5.41) is 13.7. The van der Waals surface area contributed by atoms with E-state index in [9.17, 15) is 4.79 Å². The summed E-state index contributed by atoms with van der Waals surface area (Å²) in [6, 6.07) is 7.11. The molecule has 0 atom stereocenters. The van der Waals surface area contributed by atoms with Crippen molar-refractivity contribution < 1.29 is 9.53 Å². The summed E-state index contributed by atoms with van der Waals surface area (Å²) in [5.41, 5.74) is 1.48. The summed E-state index contributed by atoms with van der Waals surface area (Å²) in [4.78, 5) is 16.7. The van der Waals surface area contributed by atoms with E-state index < -0.39 is 0 Å². The lowest BCUT2D eigenvalue weighted by Gasteiger charge is -2.13. The van der Waals surface area contributed by atoms with Crippen molar-refractivity contribution in [2.75, 3.05) is 24.3 Å². The van der Waals surface area contributed by atoms with Crippen molar-refractivity contribution in [3.63, 3.8) is 0 Å². The van der Waals surface area contributed by atoms with E-state index >= 15 is 0 Å². The average molecular weight is 361 g/mol. The SMILES string of the molecule is CCCOc1ccc(NC(=O)c2cnc(NC)c(C(C)=N)c2Cl)cc1. The molecule has 0 unspecified atom stereocenters. The average Bonchev–Trinajstić information content (AvgIpc) is 2.60. The maximum absolute atomic E-state index is 12.5. The molecule has 6 nitrogen and oxygen atoms in total. The normalized spacial score (nSPS) is 10.2. The highest BCUT2D eigenvalue weighted by Gasteiger charge is 2.19. The molecule has 0 saturated carbocycles. The first-order valence-electron chi connectivity index (χ1n) is 7.93. The van der Waals surface area contributed by atoms with E-state index in [1.165, 1.54) is 6.20 Å². The van der Waals surface area contributed by atoms with Crippen LogP contribution in [-0.2, 0) is 0 Å². The lowest BCUT2D eigenvalue weighted by molar-refractivity contribution is 0.102. The molecule has 0 spiro atoms. The molecule has 0 aliphatic heterocycles. The molecular weight excluding hydrogens is 340 g/mol. The second kappa shape index (κ2) is 8.48. The van der Waals surface area contributed by atoms with E-state index in [4.69, 9.17) is 21.7 Å². The van der Waals surface area contributed by atoms with Gasteiger partial charge in [0.1, 0.15) is 11.6 Å². The number of nitrogens with zero attached hydrogens (tertiary/aromatic N) is 1. The third-order valence-corrected chi connectivity index (χ3v) is 3.85. The predicted molar refractivity (Wildman–Crippen MR) is 101 cm³/mol. The molecule has 3 N–H and O–H groups in total. The number of pyridine rings is 1. The Bertz CT molecular complexity index is 775. The first-order valence-corrected chi connectivity index (χ1v) is 8.31. The highest BCUT2D eigenvalue weighted by atomic mass is 35.5. The quantitative estimate of drug-likeness (QED) is 0.645. The molecule has 0 aliphatic carbocycles. The summed E-state index contributed by atoms with van der Waals surface area (Å²) in [7, 11) is 1.69. The van der Waals surface area contributed by atoms with Gasteiger partial charge in [-0.25, -0.2) is 4.98 Å². The Labute approximate surface area is 152 Å². The Balaban J connectivity index is 2.21. The molecule has 1 heterocycles. The van der Waals surface area contributed by atoms with Crippen LogP contribution in [0.3, 0.4) is 0 Å². The van der Waals surface area contributed by atoms with Gasteiger partial charge in [0.15, 0.2) is 0 Å². The lowest BCUT2D eigenvalue weighted by atomic mass is 10.1. The number of hydrogen-bond donors (Lipinski definition) is 3. The number of carbonyl (C=O) groups excluding carboxylic acids is 1. The van der Waals surface area contributed by atoms with Crippen molar-refractivity contribution in [2.45, 2.75) is 20.3 Å². The fourth-order valence-electron chi connectivity index (χ4n) is 2.23. The van der Waals surface area contributed by atoms with Crippen molar-refractivity contribution in [1.82, 2.24) is 4.98 Å². The highest BCUT2D eigenvalue weighted by molar-refractivity contribution is 6.38. The lowest BCUT2D eigenvalue weighted by Crippen LogP contribution is -2.15. The summed E-state index contributed by atoms with van der Waals surface area (Å²) in [6.07, 6.45) is 2.33. The molecule has 2 rings (SSSR count). The topological polar surface area (TPSA) is 87.1 Å². The van der Waals surface area contributed by atoms with Crippen molar-refractivity contribution in [3.05, 3.63) is 46.6 Å². The van der Waals surface area contributed by atoms with E-state index in [1.54, 1.807) is 38.2 Å². The molecule has 1 amide bonds. The number of amides is 1. The van der Waals surface area contributed by atoms with Crippen LogP contribution < -0.4 is 15.4 Å². The molecule has 2 aromatic rings. The van der Waals surface area contributed by atoms with Crippen LogP contribution in [0.5, 0.6) is 5.75 Å². The van der Waals surface area contributed by atoms with Gasteiger partial charge in [-0.3, -0.25) is 4.79 Å². The van der Waals surface area contributed by atoms with Crippen LogP contribution in [-0.4, -0.2) is 30.3 Å². The Morgan fingerprint density at radius 3 is 2.56 bits per heavy atom. The van der Waals surface area contributed by atoms with Crippen LogP contribution in [0.25, 0.3) is 0 Å². The van der Waals surface area contributed by atoms with Gasteiger partial charge in [0.25, 0.3) is 5.91 Å². The summed E-state index contributed by atoms with van der Waals surface area (Å²) in [6.45, 7) is 4.28. The minimum absolute atomic E-state index is 0.201. The van der Waals surface area contributed by atoms with Crippen molar-refractivity contribution >= 4 is 34.7 Å². The largest absolute Gasteiger partial charge is 0.494 e. The van der Waals surface area contributed by atoms with E-state index in [0.29, 0.717) is 23.7 Å². The zero-order valence-electron chi connectivity index (χ0n) is 14.4. The highest BCUT2D eigenvalue weighted by Crippen LogP contribution is 2.27. The van der Waals surface area contributed by atoms with Crippen LogP contribution in [0, 0.1) is 5.41 Å². The van der Waals surface area contributed by atoms with Gasteiger partial charge in [-0.05, 0) is 37.6 Å². The van der Waals surface area contributed by atoms with Gasteiger partial charge < -0.3 is 20.8 Å². The molecule has 1 aromatic carbocycles. The summed E-state index contributed by atoms with van der Waals surface area (Å²) < 4.78 is 5.51. The Hall–Kier alpha value is -2.60. The number of rotatable bonds is 7. The number of aromatic nitrogens is 1. The van der Waals surface area contributed by atoms with Crippen LogP contribution in [0.15, 0.2) is 30.5 Å². The zero-order chi connectivity index (χ0) is 18.4. The van der Waals surface area contributed by atoms with E-state index in [-0.39, 0.29) is 22.2 Å². The molecule has 1 aromatic heterocycles. The minimum atomic E-state index is -0.384. The minimum Gasteiger partial charge on any atom is -0.494 e. The van der Waals surface area contributed by atoms with Gasteiger partial charge in [0.2, 0.25) is 0 Å². The van der Waals surface area contributed by atoms with Crippen LogP contribution in [0.2, 0.25) is 5.02 Å². The Morgan fingerprint density at radius 1 is 1.32 bits per heavy atom. The predicted octanol–water partition coefficient (Wildman–Crippen LogP) is 4.21. The second-order valence-corrected chi connectivity index (χ2v) is 5.79. The fourth-order valence-corrected chi connectivity index (χ4v) is 2.60. The third-order valence-electron chi connectivity index (χ3n) is 3.46. The molecule has 132 valence electrons. The number of hydrogen-bond acceptors (Lipinski definition) is 5. The first kappa shape index (κ1) is 18.7. The fraction of sp³-hybridized carbons (Fsp3) is 0.278. The molecule has 0 fully saturated rings. The van der Waals surface area contributed by atoms with Crippen LogP contribution in [0.4, 0.5) is 11.5 Å². The van der Waals surface area contributed by atoms with Gasteiger partial charge >= 0.3 is 0 Å². The smallest absolute Gasteiger partial charge is 0.258 e. The van der Waals surface area contributed by atoms with Crippen LogP contribution in [0.1, 0.15) is 36.2 Å². The zero-order valence-corrected chi connectivity index (χ0v) is 15.2. The van der Waals surface area contributed by atoms with Crippen molar-refractivity contribution in [3.8, 4) is 5.75 Å². The Kier molecular flexibility index (Phi) is 6.36. The van der Waals surface area contributed by atoms with Gasteiger partial charge in [-0.2, -0.15) is 0 Å². The maximum Gasteiger partial charge on any atom is 0.258 e. The van der Waals surface area contributed by atoms with Crippen molar-refractivity contribution in [1.29, 1.82) is 5.41 Å². The van der Waals surface area contributed by atoms with Gasteiger partial charge in [-0.1, -0.05) is 18.5 Å². The number of nitrogens with one attached hydrogen (secondary N) is 3. The molecule has 0 aliphatic rings. The number of anilines is 2. The molecule has 7 heteroatoms. The molecular formula is C18H21ClN4O2. The number of ether oxygens (including phenoxy) is 1. The van der Waals surface area contributed by atoms with E-state index in [2.05, 4.69) is 15.6 Å². The summed E-state index contributed by atoms with van der Waals surface area (Å²) >= 11 is 6.33. The molecule has 25 heavy (non-hydrogen) atoms. The van der Waals surface area contributed by atoms with Gasteiger partial charge in [-0.15, -0.1) is 0 Å². The summed E-state index contributed by atoms with van der Waals surface area (Å²) in [5.74, 6) is 0.830. The standard InChI is InChI=1S/C18H21ClN4O2/c1-4-9-25-13-7-5-12(6-8-13)23-18(24)14-10-22-17(21-3)15(11(2)20)16(14)19/h5-8,10,20H,4,9H2,1-3H3,(H,21,22)(H,23,24). The second-order valence-electron chi connectivity index (χ2n) is 5.41. The number of carbonyl (C=O) groups is 1. The molecule has 0 radical (unpaired) electrons. The van der Waals surface area contributed by atoms with E-state index in [0.717, 1.165) is 12.2 Å². The number of benzene rings is 1. The van der Waals surface area contributed by atoms with Crippen molar-refractivity contribution in [2.24, 2.45) is 0 Å². The first-order chi connectivity index (χ1) is 12.0. The molecule has 0 saturated heterocycles. The van der Waals surface area contributed by atoms with Crippen LogP contribution >= 0.6 is 11.6 Å². The van der Waals surface area contributed by atoms with E-state index in [1.807, 2.05) is 6.92 Å². The maximum atomic E-state index is 12.5. The third kappa shape index (κ3) is 4.48. The monoisotopic (exact) mass is 360 g/mol. The van der Waals surface area contributed by atoms with Gasteiger partial charge in [0, 0.05) is 24.6 Å².